The third-order valence-corrected chi connectivity index (χ3v) is 24.7. The Kier molecular flexibility index (Phi) is 14.6. The lowest BCUT2D eigenvalue weighted by molar-refractivity contribution is 1.06. The molecule has 0 unspecified atom stereocenters. The highest BCUT2D eigenvalue weighted by atomic mass is 15.2. The van der Waals surface area contributed by atoms with Crippen LogP contribution in [-0.4, -0.2) is 75.7 Å². The predicted molar refractivity (Wildman–Crippen MR) is 553 cm³/mol. The van der Waals surface area contributed by atoms with E-state index in [4.69, 9.17) is 59.8 Å². The number of nitrogens with zero attached hydrogens (tertiary/aromatic N) is 16. The van der Waals surface area contributed by atoms with Gasteiger partial charge >= 0.3 is 0 Å². The number of anilines is 6. The molecule has 26 rings (SSSR count). The maximum atomic E-state index is 10.6. The molecule has 0 aliphatic carbocycles. The predicted octanol–water partition coefficient (Wildman–Crippen LogP) is 26.4. The van der Waals surface area contributed by atoms with Crippen molar-refractivity contribution in [3.8, 4) is 159 Å². The largest absolute Gasteiger partial charge is 0.310 e. The second kappa shape index (κ2) is 33.3. The minimum absolute atomic E-state index is 0.0142. The normalized spacial score (nSPS) is 14.2. The molecule has 17 heteroatoms. The summed E-state index contributed by atoms with van der Waals surface area (Å²) < 4.78 is 209. The minimum Gasteiger partial charge on any atom is -0.310 e. The summed E-state index contributed by atoms with van der Waals surface area (Å²) >= 11 is 0. The van der Waals surface area contributed by atoms with Crippen molar-refractivity contribution in [3.63, 3.8) is 0 Å². The zero-order valence-corrected chi connectivity index (χ0v) is 71.9. The van der Waals surface area contributed by atoms with E-state index in [0.29, 0.717) is 60.9 Å². The zero-order chi connectivity index (χ0) is 109. The van der Waals surface area contributed by atoms with Gasteiger partial charge in [-0.15, -0.1) is 0 Å². The van der Waals surface area contributed by atoms with E-state index in [1.807, 2.05) is 277 Å². The fourth-order valence-electron chi connectivity index (χ4n) is 18.6. The van der Waals surface area contributed by atoms with E-state index < -0.39 is 134 Å². The Balaban J connectivity index is 0.904. The van der Waals surface area contributed by atoms with Crippen LogP contribution in [0.3, 0.4) is 0 Å². The quantitative estimate of drug-likeness (QED) is 0.0789. The summed E-state index contributed by atoms with van der Waals surface area (Å²) in [5.74, 6) is 1.65. The average Bonchev–Trinajstić information content (AvgIpc) is 0.891. The van der Waals surface area contributed by atoms with E-state index in [-0.39, 0.29) is 192 Å². The van der Waals surface area contributed by atoms with Gasteiger partial charge in [0.1, 0.15) is 0 Å². The molecule has 0 amide bonds. The van der Waals surface area contributed by atoms with E-state index in [2.05, 4.69) is 0 Å². The molecule has 0 radical (unpaired) electrons. The zero-order valence-electron chi connectivity index (χ0n) is 92.9. The van der Waals surface area contributed by atoms with Crippen molar-refractivity contribution in [2.75, 3.05) is 9.80 Å². The van der Waals surface area contributed by atoms with Gasteiger partial charge in [0.2, 0.25) is 0 Å². The first-order valence-corrected chi connectivity index (χ1v) is 44.1. The van der Waals surface area contributed by atoms with Crippen molar-refractivity contribution < 1.29 is 28.8 Å². The van der Waals surface area contributed by atoms with Crippen LogP contribution in [0.4, 0.5) is 34.1 Å². The van der Waals surface area contributed by atoms with E-state index in [1.54, 1.807) is 60.7 Å². The van der Waals surface area contributed by atoms with Crippen LogP contribution in [0.1, 0.15) is 28.8 Å². The molecule has 18 aromatic carbocycles. The Hall–Kier alpha value is -18.7. The molecule has 0 N–H and O–H groups in total. The Morgan fingerprint density at radius 1 is 0.190 bits per heavy atom. The smallest absolute Gasteiger partial charge is 0.252 e. The van der Waals surface area contributed by atoms with E-state index in [0.717, 1.165) is 0 Å². The number of hydrogen-bond donors (Lipinski definition) is 0. The van der Waals surface area contributed by atoms with Gasteiger partial charge in [-0.2, -0.15) is 0 Å². The molecule has 0 saturated carbocycles. The Labute approximate surface area is 818 Å². The van der Waals surface area contributed by atoms with Gasteiger partial charge < -0.3 is 18.9 Å². The molecular formula is C120H75BN16. The van der Waals surface area contributed by atoms with E-state index in [9.17, 15) is 28.8 Å². The molecule has 0 saturated heterocycles. The summed E-state index contributed by atoms with van der Waals surface area (Å²) in [7, 11) is 0. The molecule has 2 aliphatic heterocycles. The number of para-hydroxylation sites is 6. The topological polar surface area (TPSA) is 171 Å². The lowest BCUT2D eigenvalue weighted by Crippen LogP contribution is -2.61. The monoisotopic (exact) mass is 1770 g/mol. The number of rotatable bonds is 17. The maximum absolute atomic E-state index is 10.6. The molecule has 16 nitrogen and oxygen atoms in total. The van der Waals surface area contributed by atoms with Crippen molar-refractivity contribution in [3.05, 3.63) is 454 Å². The van der Waals surface area contributed by atoms with Crippen LogP contribution in [0.5, 0.6) is 0 Å². The molecule has 137 heavy (non-hydrogen) atoms. The van der Waals surface area contributed by atoms with Crippen LogP contribution in [0.15, 0.2) is 454 Å². The van der Waals surface area contributed by atoms with Crippen LogP contribution < -0.4 is 26.2 Å². The van der Waals surface area contributed by atoms with Crippen LogP contribution >= 0.6 is 0 Å². The number of hydrogen-bond acceptors (Lipinski definition) is 14. The standard InChI is InChI=1S/C120H75BN16/c1-10-38-76(39-11-1)85-72-104-106-105(73-85)137(108-94(119-130-113(81-48-20-6-21-49-81)124-114(131-119)82-50-22-7-23-51-82)62-37-63-95(108)120-132-115(83-52-24-8-25-53-83)125-116(133-120)84-54-26-9-27-55-84)103-75-87(135-100-66-34-30-58-90(100)91-59-31-35-67-101(91)135)69-71-97(103)121(106)96-70-68-86(134-98-64-32-28-56-88(98)89-57-29-33-65-99(89)134)74-102(96)136(104)107-92(117-126-109(77-40-12-2-13-41-77)122-110(127-117)78-42-14-3-15-43-78)60-36-61-93(107)118-128-111(79-44-16-4-17-45-79)123-112(129-118)80-46-18-5-19-47-80/h1-75H/i1D,10D,11D,28D,29D,30D,31D,32D,33D,34D,35D,38D,39D,56D,57D,58D,59D,64D,65D,66D,67D. The van der Waals surface area contributed by atoms with Gasteiger partial charge in [0.15, 0.2) is 69.9 Å². The third-order valence-electron chi connectivity index (χ3n) is 24.7. The molecule has 8 heterocycles. The summed E-state index contributed by atoms with van der Waals surface area (Å²) in [5, 5.41) is -1.02. The second-order valence-corrected chi connectivity index (χ2v) is 32.6. The van der Waals surface area contributed by atoms with Gasteiger partial charge in [0.25, 0.3) is 6.71 Å². The van der Waals surface area contributed by atoms with Crippen molar-refractivity contribution in [2.24, 2.45) is 0 Å². The van der Waals surface area contributed by atoms with Crippen molar-refractivity contribution >= 4 is 101 Å². The van der Waals surface area contributed by atoms with Crippen LogP contribution in [-0.2, 0) is 0 Å². The summed E-state index contributed by atoms with van der Waals surface area (Å²) in [6.45, 7) is -1.31. The van der Waals surface area contributed by atoms with Crippen LogP contribution in [0.25, 0.3) is 203 Å². The van der Waals surface area contributed by atoms with Crippen molar-refractivity contribution in [1.82, 2.24) is 68.9 Å². The summed E-state index contributed by atoms with van der Waals surface area (Å²) in [6.07, 6.45) is 0. The molecule has 24 aromatic rings. The molecule has 0 spiro atoms. The van der Waals surface area contributed by atoms with Crippen LogP contribution in [0, 0.1) is 0 Å². The Morgan fingerprint density at radius 2 is 0.423 bits per heavy atom. The number of fused-ring (bicyclic) bond motifs is 10. The Bertz CT molecular complexity index is 9000. The fraction of sp³-hybridized carbons (Fsp3) is 0. The molecule has 0 atom stereocenters. The van der Waals surface area contributed by atoms with E-state index >= 15 is 0 Å². The van der Waals surface area contributed by atoms with E-state index in [1.165, 1.54) is 9.13 Å². The molecule has 6 aromatic heterocycles. The van der Waals surface area contributed by atoms with Gasteiger partial charge in [0, 0.05) is 122 Å². The molecule has 638 valence electrons. The van der Waals surface area contributed by atoms with Gasteiger partial charge in [-0.3, -0.25) is 0 Å². The first kappa shape index (κ1) is 60.3. The minimum atomic E-state index is -1.31. The van der Waals surface area contributed by atoms with Crippen molar-refractivity contribution in [1.29, 1.82) is 0 Å². The third kappa shape index (κ3) is 13.9. The highest BCUT2D eigenvalue weighted by Gasteiger charge is 2.47. The fourth-order valence-corrected chi connectivity index (χ4v) is 18.6. The van der Waals surface area contributed by atoms with Gasteiger partial charge in [-0.05, 0) is 112 Å². The molecule has 0 bridgehead atoms. The maximum Gasteiger partial charge on any atom is 0.252 e. The van der Waals surface area contributed by atoms with Crippen LogP contribution in [0.2, 0.25) is 0 Å². The Morgan fingerprint density at radius 3 is 0.679 bits per heavy atom. The number of aromatic nitrogens is 14. The van der Waals surface area contributed by atoms with Gasteiger partial charge in [0.05, 0.1) is 62.2 Å². The highest BCUT2D eigenvalue weighted by Crippen LogP contribution is 2.55. The molecular weight excluding hydrogens is 1680 g/mol. The molecule has 2 aliphatic rings. The second-order valence-electron chi connectivity index (χ2n) is 32.6. The lowest BCUT2D eigenvalue weighted by atomic mass is 9.33. The summed E-state index contributed by atoms with van der Waals surface area (Å²) in [5.41, 5.74) is 5.52. The van der Waals surface area contributed by atoms with Crippen molar-refractivity contribution in [2.45, 2.75) is 0 Å². The van der Waals surface area contributed by atoms with Gasteiger partial charge in [-0.25, -0.2) is 59.8 Å². The van der Waals surface area contributed by atoms with Gasteiger partial charge in [-0.1, -0.05) is 370 Å². The summed E-state index contributed by atoms with van der Waals surface area (Å²) in [6, 6.07) is 84.5. The highest BCUT2D eigenvalue weighted by molar-refractivity contribution is 7.00. The molecule has 0 fully saturated rings. The SMILES string of the molecule is [2H]c1c([2H])c([2H])c(-c2cc3c4c(c2)N(c2c(-c5nc(-c6ccccc6)nc(-c6ccccc6)n5)cccc2-c2nc(-c5ccccc5)nc(-c5ccccc5)n2)c2cc(-n5c6c([2H])c([2H])c([2H])c([2H])c6c6c([2H])c([2H])c([2H])c([2H])c65)ccc2B4c2ccc(-n4c5c([2H])c([2H])c([2H])c([2H])c5c5c([2H])c([2H])c([2H])c([2H])c54)cc2N3c2c(-c3nc(-c4ccccc4)nc(-c4ccccc4)n3)cccc2-c2nc(-c3ccccc3)nc(-c3ccccc3)n2)c([2H])c1[2H]. The average molecular weight is 1770 g/mol. The number of benzene rings is 18. The lowest BCUT2D eigenvalue weighted by Gasteiger charge is -2.45. The first-order chi connectivity index (χ1) is 76.7. The first-order valence-electron chi connectivity index (χ1n) is 54.6. The summed E-state index contributed by atoms with van der Waals surface area (Å²) in [4.78, 5) is 69.5.